The van der Waals surface area contributed by atoms with Crippen LogP contribution in [0.2, 0.25) is 0 Å². The fourth-order valence-electron chi connectivity index (χ4n) is 3.53. The molecule has 6 nitrogen and oxygen atoms in total. The second kappa shape index (κ2) is 9.13. The number of ether oxygens (including phenoxy) is 2. The molecule has 0 saturated carbocycles. The van der Waals surface area contributed by atoms with E-state index in [2.05, 4.69) is 4.98 Å². The van der Waals surface area contributed by atoms with Crippen molar-refractivity contribution >= 4 is 43.9 Å². The number of aromatic nitrogens is 2. The van der Waals surface area contributed by atoms with Crippen LogP contribution in [-0.4, -0.2) is 35.1 Å². The first-order valence-corrected chi connectivity index (χ1v) is 11.9. The predicted octanol–water partition coefficient (Wildman–Crippen LogP) is 5.16. The lowest BCUT2D eigenvalue weighted by atomic mass is 10.1. The molecule has 31 heavy (non-hydrogen) atoms. The van der Waals surface area contributed by atoms with Gasteiger partial charge in [0.25, 0.3) is 5.91 Å². The Morgan fingerprint density at radius 3 is 2.81 bits per heavy atom. The summed E-state index contributed by atoms with van der Waals surface area (Å²) in [6.07, 6.45) is 2.02. The van der Waals surface area contributed by atoms with Crippen LogP contribution in [0.25, 0.3) is 10.2 Å². The van der Waals surface area contributed by atoms with E-state index in [-0.39, 0.29) is 12.0 Å². The van der Waals surface area contributed by atoms with E-state index in [1.54, 1.807) is 22.5 Å². The number of carbonyl (C=O) groups is 1. The van der Waals surface area contributed by atoms with Crippen molar-refractivity contribution < 1.29 is 14.3 Å². The molecule has 0 aliphatic carbocycles. The molecule has 1 amide bonds. The lowest BCUT2D eigenvalue weighted by Gasteiger charge is -2.23. The fourth-order valence-corrected chi connectivity index (χ4v) is 5.05. The van der Waals surface area contributed by atoms with Crippen LogP contribution in [0.3, 0.4) is 0 Å². The zero-order valence-electron chi connectivity index (χ0n) is 16.8. The lowest BCUT2D eigenvalue weighted by molar-refractivity contribution is 0.0917. The van der Waals surface area contributed by atoms with Gasteiger partial charge in [0.05, 0.1) is 34.1 Å². The van der Waals surface area contributed by atoms with E-state index in [1.165, 1.54) is 22.7 Å². The Balaban J connectivity index is 1.36. The van der Waals surface area contributed by atoms with Crippen LogP contribution >= 0.6 is 22.7 Å². The fraction of sp³-hybridized carbons (Fsp3) is 0.261. The molecule has 4 aromatic rings. The second-order valence-electron chi connectivity index (χ2n) is 7.31. The van der Waals surface area contributed by atoms with Gasteiger partial charge in [0.2, 0.25) is 0 Å². The summed E-state index contributed by atoms with van der Waals surface area (Å²) in [6, 6.07) is 15.2. The largest absolute Gasteiger partial charge is 0.487 e. The zero-order chi connectivity index (χ0) is 21.0. The molecule has 0 radical (unpaired) electrons. The maximum absolute atomic E-state index is 13.5. The van der Waals surface area contributed by atoms with Gasteiger partial charge in [-0.2, -0.15) is 0 Å². The van der Waals surface area contributed by atoms with Crippen LogP contribution in [0.1, 0.15) is 28.9 Å². The summed E-state index contributed by atoms with van der Waals surface area (Å²) < 4.78 is 12.6. The number of amides is 1. The van der Waals surface area contributed by atoms with Crippen molar-refractivity contribution in [2.45, 2.75) is 25.6 Å². The van der Waals surface area contributed by atoms with Gasteiger partial charge in [0, 0.05) is 17.6 Å². The summed E-state index contributed by atoms with van der Waals surface area (Å²) in [7, 11) is 0. The zero-order valence-corrected chi connectivity index (χ0v) is 18.4. The van der Waals surface area contributed by atoms with E-state index in [4.69, 9.17) is 14.5 Å². The first-order chi connectivity index (χ1) is 15.3. The van der Waals surface area contributed by atoms with E-state index in [1.807, 2.05) is 41.8 Å². The monoisotopic (exact) mass is 451 g/mol. The number of anilines is 1. The minimum absolute atomic E-state index is 0.0386. The van der Waals surface area contributed by atoms with Crippen molar-refractivity contribution in [2.75, 3.05) is 18.1 Å². The summed E-state index contributed by atoms with van der Waals surface area (Å²) in [5.74, 6) is 0.621. The molecule has 0 spiro atoms. The van der Waals surface area contributed by atoms with Crippen molar-refractivity contribution in [3.05, 3.63) is 70.7 Å². The number of rotatable bonds is 7. The van der Waals surface area contributed by atoms with Gasteiger partial charge >= 0.3 is 0 Å². The summed E-state index contributed by atoms with van der Waals surface area (Å²) in [5.41, 5.74) is 4.17. The average Bonchev–Trinajstić information content (AvgIpc) is 3.57. The number of carbonyl (C=O) groups excluding carboxylic acids is 1. The number of hydrogen-bond donors (Lipinski definition) is 0. The standard InChI is InChI=1S/C23H21N3O3S2/c27-22(16-7-9-18(10-8-16)29-13-17-14-30-15-24-17)26(12-19-4-3-11-28-19)23-25-20-5-1-2-6-21(20)31-23/h1-2,5-10,14-15,19H,3-4,11-13H2. The van der Waals surface area contributed by atoms with Crippen molar-refractivity contribution in [2.24, 2.45) is 0 Å². The minimum atomic E-state index is -0.0828. The van der Waals surface area contributed by atoms with Gasteiger partial charge in [0.1, 0.15) is 12.4 Å². The van der Waals surface area contributed by atoms with Gasteiger partial charge in [-0.1, -0.05) is 23.5 Å². The van der Waals surface area contributed by atoms with Crippen LogP contribution in [0.5, 0.6) is 5.75 Å². The Kier molecular flexibility index (Phi) is 5.93. The maximum Gasteiger partial charge on any atom is 0.260 e. The quantitative estimate of drug-likeness (QED) is 0.388. The molecule has 1 saturated heterocycles. The van der Waals surface area contributed by atoms with E-state index >= 15 is 0 Å². The third-order valence-corrected chi connectivity index (χ3v) is 6.83. The first kappa shape index (κ1) is 20.1. The van der Waals surface area contributed by atoms with E-state index < -0.39 is 0 Å². The highest BCUT2D eigenvalue weighted by molar-refractivity contribution is 7.22. The van der Waals surface area contributed by atoms with Crippen molar-refractivity contribution in [3.63, 3.8) is 0 Å². The third-order valence-electron chi connectivity index (χ3n) is 5.14. The summed E-state index contributed by atoms with van der Waals surface area (Å²) in [6.45, 7) is 1.66. The summed E-state index contributed by atoms with van der Waals surface area (Å²) in [5, 5.41) is 2.66. The number of para-hydroxylation sites is 1. The summed E-state index contributed by atoms with van der Waals surface area (Å²) in [4.78, 5) is 24.1. The van der Waals surface area contributed by atoms with Gasteiger partial charge in [-0.3, -0.25) is 9.69 Å². The van der Waals surface area contributed by atoms with Gasteiger partial charge < -0.3 is 9.47 Å². The molecule has 1 unspecified atom stereocenters. The summed E-state index contributed by atoms with van der Waals surface area (Å²) >= 11 is 3.07. The molecule has 2 aromatic carbocycles. The number of nitrogens with zero attached hydrogens (tertiary/aromatic N) is 3. The maximum atomic E-state index is 13.5. The highest BCUT2D eigenvalue weighted by atomic mass is 32.1. The predicted molar refractivity (Wildman–Crippen MR) is 123 cm³/mol. The van der Waals surface area contributed by atoms with Crippen LogP contribution in [0.15, 0.2) is 59.4 Å². The molecule has 1 aliphatic rings. The van der Waals surface area contributed by atoms with Crippen molar-refractivity contribution in [1.82, 2.24) is 9.97 Å². The molecule has 0 bridgehead atoms. The van der Waals surface area contributed by atoms with Gasteiger partial charge in [-0.05, 0) is 49.2 Å². The molecule has 1 aliphatic heterocycles. The second-order valence-corrected chi connectivity index (χ2v) is 9.04. The Labute approximate surface area is 188 Å². The first-order valence-electron chi connectivity index (χ1n) is 10.2. The molecule has 5 rings (SSSR count). The minimum Gasteiger partial charge on any atom is -0.487 e. The third kappa shape index (κ3) is 4.61. The van der Waals surface area contributed by atoms with Gasteiger partial charge in [0.15, 0.2) is 5.13 Å². The molecular weight excluding hydrogens is 430 g/mol. The topological polar surface area (TPSA) is 64.5 Å². The van der Waals surface area contributed by atoms with E-state index in [0.717, 1.165) is 35.4 Å². The Morgan fingerprint density at radius 2 is 2.06 bits per heavy atom. The molecule has 1 atom stereocenters. The van der Waals surface area contributed by atoms with Crippen LogP contribution in [0, 0.1) is 0 Å². The molecule has 0 N–H and O–H groups in total. The number of benzene rings is 2. The number of thiazole rings is 2. The molecule has 3 heterocycles. The van der Waals surface area contributed by atoms with Crippen LogP contribution in [-0.2, 0) is 11.3 Å². The molecule has 2 aromatic heterocycles. The SMILES string of the molecule is O=C(c1ccc(OCc2cscn2)cc1)N(CC1CCCO1)c1nc2ccccc2s1. The van der Waals surface area contributed by atoms with Crippen molar-refractivity contribution in [3.8, 4) is 5.75 Å². The Bertz CT molecular complexity index is 1120. The van der Waals surface area contributed by atoms with Crippen LogP contribution < -0.4 is 9.64 Å². The molecule has 8 heteroatoms. The van der Waals surface area contributed by atoms with Crippen molar-refractivity contribution in [1.29, 1.82) is 0 Å². The van der Waals surface area contributed by atoms with Gasteiger partial charge in [-0.15, -0.1) is 11.3 Å². The van der Waals surface area contributed by atoms with E-state index in [9.17, 15) is 4.79 Å². The van der Waals surface area contributed by atoms with E-state index in [0.29, 0.717) is 29.6 Å². The molecular formula is C23H21N3O3S2. The smallest absolute Gasteiger partial charge is 0.260 e. The Hall–Kier alpha value is -2.81. The molecule has 158 valence electrons. The van der Waals surface area contributed by atoms with Gasteiger partial charge in [-0.25, -0.2) is 9.97 Å². The average molecular weight is 452 g/mol. The number of fused-ring (bicyclic) bond motifs is 1. The lowest BCUT2D eigenvalue weighted by Crippen LogP contribution is -2.37. The highest BCUT2D eigenvalue weighted by Gasteiger charge is 2.27. The Morgan fingerprint density at radius 1 is 1.19 bits per heavy atom. The highest BCUT2D eigenvalue weighted by Crippen LogP contribution is 2.31. The number of hydrogen-bond acceptors (Lipinski definition) is 7. The normalized spacial score (nSPS) is 15.9. The molecule has 1 fully saturated rings. The van der Waals surface area contributed by atoms with Crippen LogP contribution in [0.4, 0.5) is 5.13 Å².